The fourth-order valence-electron chi connectivity index (χ4n) is 7.76. The van der Waals surface area contributed by atoms with Gasteiger partial charge < -0.3 is 9.84 Å². The molecule has 0 spiro atoms. The van der Waals surface area contributed by atoms with Crippen molar-refractivity contribution >= 4 is 5.97 Å². The van der Waals surface area contributed by atoms with Crippen LogP contribution in [0, 0.1) is 22.7 Å². The second-order valence-corrected chi connectivity index (χ2v) is 13.7. The summed E-state index contributed by atoms with van der Waals surface area (Å²) < 4.78 is 5.83. The number of allylic oxidation sites excluding steroid dienone is 6. The van der Waals surface area contributed by atoms with E-state index in [1.54, 1.807) is 0 Å². The van der Waals surface area contributed by atoms with Gasteiger partial charge in [0.2, 0.25) is 0 Å². The molecule has 0 radical (unpaired) electrons. The topological polar surface area (TPSA) is 46.5 Å². The molecule has 3 nitrogen and oxygen atoms in total. The number of hydrogen-bond donors (Lipinski definition) is 1. The number of fused-ring (bicyclic) bond motifs is 5. The molecule has 39 heavy (non-hydrogen) atoms. The molecule has 1 aromatic rings. The standard InChI is InChI=1S/C21H28O3.C15H24/c1-3-20(23)24-19-9-8-18-17-6-4-13-12-14(22)5-7-15(13)16(17)10-11-21(18,19)2;1-13-7-5-8-14(2)10-12-15(3,4)11-6-9-13/h5,7,12,16-19,22H,3-4,6,8-11H2,1-2H3;6-7,10-11H,5,8-9,12H2,1-4H3. The van der Waals surface area contributed by atoms with Gasteiger partial charge in [-0.3, -0.25) is 4.79 Å². The lowest BCUT2D eigenvalue weighted by Gasteiger charge is -2.50. The highest BCUT2D eigenvalue weighted by Gasteiger charge is 2.56. The van der Waals surface area contributed by atoms with E-state index in [9.17, 15) is 9.90 Å². The van der Waals surface area contributed by atoms with E-state index in [4.69, 9.17) is 4.74 Å². The highest BCUT2D eigenvalue weighted by Crippen LogP contribution is 2.61. The van der Waals surface area contributed by atoms with Gasteiger partial charge in [-0.15, -0.1) is 0 Å². The van der Waals surface area contributed by atoms with E-state index < -0.39 is 0 Å². The summed E-state index contributed by atoms with van der Waals surface area (Å²) in [6.45, 7) is 13.3. The summed E-state index contributed by atoms with van der Waals surface area (Å²) >= 11 is 0. The van der Waals surface area contributed by atoms with E-state index >= 15 is 0 Å². The molecule has 0 aliphatic heterocycles. The van der Waals surface area contributed by atoms with Crippen molar-refractivity contribution in [3.8, 4) is 5.75 Å². The summed E-state index contributed by atoms with van der Waals surface area (Å²) in [6.07, 6.45) is 21.5. The number of aromatic hydroxyl groups is 1. The number of esters is 1. The highest BCUT2D eigenvalue weighted by molar-refractivity contribution is 5.69. The Hall–Kier alpha value is -2.29. The maximum atomic E-state index is 11.8. The number of phenolic OH excluding ortho intramolecular Hbond substituents is 1. The zero-order chi connectivity index (χ0) is 28.2. The van der Waals surface area contributed by atoms with Gasteiger partial charge in [-0.05, 0) is 124 Å². The summed E-state index contributed by atoms with van der Waals surface area (Å²) in [7, 11) is 0. The summed E-state index contributed by atoms with van der Waals surface area (Å²) in [5.41, 5.74) is 6.29. The van der Waals surface area contributed by atoms with E-state index in [0.29, 0.717) is 35.3 Å². The van der Waals surface area contributed by atoms with Crippen LogP contribution in [0.25, 0.3) is 0 Å². The maximum absolute atomic E-state index is 11.8. The Morgan fingerprint density at radius 1 is 1.03 bits per heavy atom. The minimum Gasteiger partial charge on any atom is -0.508 e. The molecule has 0 heterocycles. The van der Waals surface area contributed by atoms with Gasteiger partial charge in [0.25, 0.3) is 0 Å². The molecule has 5 rings (SSSR count). The molecule has 0 bridgehead atoms. The van der Waals surface area contributed by atoms with Crippen LogP contribution in [0.3, 0.4) is 0 Å². The predicted molar refractivity (Wildman–Crippen MR) is 162 cm³/mol. The van der Waals surface area contributed by atoms with Crippen LogP contribution >= 0.6 is 0 Å². The van der Waals surface area contributed by atoms with Crippen molar-refractivity contribution in [1.29, 1.82) is 0 Å². The Bertz CT molecular complexity index is 1110. The minimum atomic E-state index is -0.0477. The fourth-order valence-corrected chi connectivity index (χ4v) is 7.76. The zero-order valence-corrected chi connectivity index (χ0v) is 25.4. The quantitative estimate of drug-likeness (QED) is 0.305. The van der Waals surface area contributed by atoms with Crippen molar-refractivity contribution in [3.63, 3.8) is 0 Å². The number of hydrogen-bond acceptors (Lipinski definition) is 3. The molecule has 1 aromatic carbocycles. The van der Waals surface area contributed by atoms with Gasteiger partial charge in [-0.25, -0.2) is 0 Å². The van der Waals surface area contributed by atoms with Gasteiger partial charge in [0.1, 0.15) is 11.9 Å². The SMILES string of the molecule is CC1=CCCC(C)=CCC(C)(C)C=CC1.CCC(=O)OC1CCC2C3CCc4cc(O)ccc4C3CCC12C. The summed E-state index contributed by atoms with van der Waals surface area (Å²) in [5, 5.41) is 9.77. The van der Waals surface area contributed by atoms with Crippen molar-refractivity contribution in [3.05, 3.63) is 64.8 Å². The van der Waals surface area contributed by atoms with Crippen LogP contribution < -0.4 is 0 Å². The molecule has 0 saturated heterocycles. The first-order chi connectivity index (χ1) is 18.5. The Morgan fingerprint density at radius 2 is 1.82 bits per heavy atom. The largest absolute Gasteiger partial charge is 0.508 e. The third-order valence-electron chi connectivity index (χ3n) is 10.2. The van der Waals surface area contributed by atoms with E-state index in [0.717, 1.165) is 32.1 Å². The molecule has 3 heteroatoms. The number of rotatable bonds is 2. The Kier molecular flexibility index (Phi) is 9.50. The number of aryl methyl sites for hydroxylation is 1. The first-order valence-corrected chi connectivity index (χ1v) is 15.5. The number of ether oxygens (including phenoxy) is 1. The smallest absolute Gasteiger partial charge is 0.305 e. The van der Waals surface area contributed by atoms with E-state index in [1.165, 1.54) is 54.4 Å². The lowest BCUT2D eigenvalue weighted by atomic mass is 9.55. The molecule has 4 aliphatic carbocycles. The van der Waals surface area contributed by atoms with Crippen molar-refractivity contribution in [2.24, 2.45) is 22.7 Å². The third-order valence-corrected chi connectivity index (χ3v) is 10.2. The van der Waals surface area contributed by atoms with E-state index in [2.05, 4.69) is 65.0 Å². The number of carbonyl (C=O) groups excluding carboxylic acids is 1. The van der Waals surface area contributed by atoms with Crippen LogP contribution in [0.5, 0.6) is 5.75 Å². The van der Waals surface area contributed by atoms with Crippen LogP contribution in [0.2, 0.25) is 0 Å². The maximum Gasteiger partial charge on any atom is 0.305 e. The molecule has 0 amide bonds. The van der Waals surface area contributed by atoms with Gasteiger partial charge in [0.15, 0.2) is 0 Å². The molecular formula is C36H52O3. The van der Waals surface area contributed by atoms with Gasteiger partial charge >= 0.3 is 5.97 Å². The second kappa shape index (κ2) is 12.5. The van der Waals surface area contributed by atoms with Crippen LogP contribution in [0.4, 0.5) is 0 Å². The average molecular weight is 533 g/mol. The van der Waals surface area contributed by atoms with Crippen molar-refractivity contribution in [1.82, 2.24) is 0 Å². The molecule has 1 N–H and O–H groups in total. The van der Waals surface area contributed by atoms with E-state index in [-0.39, 0.29) is 17.5 Å². The zero-order valence-electron chi connectivity index (χ0n) is 25.4. The molecular weight excluding hydrogens is 480 g/mol. The number of carbonyl (C=O) groups is 1. The molecule has 2 fully saturated rings. The van der Waals surface area contributed by atoms with Gasteiger partial charge in [0.05, 0.1) is 0 Å². The predicted octanol–water partition coefficient (Wildman–Crippen LogP) is 9.61. The van der Waals surface area contributed by atoms with Crippen molar-refractivity contribution < 1.29 is 14.6 Å². The average Bonchev–Trinajstić information content (AvgIpc) is 3.22. The first-order valence-electron chi connectivity index (χ1n) is 15.5. The van der Waals surface area contributed by atoms with E-state index in [1.807, 2.05) is 19.1 Å². The van der Waals surface area contributed by atoms with Gasteiger partial charge in [-0.2, -0.15) is 0 Å². The number of benzene rings is 1. The summed E-state index contributed by atoms with van der Waals surface area (Å²) in [5.74, 6) is 2.32. The molecule has 5 atom stereocenters. The molecule has 5 unspecified atom stereocenters. The molecule has 2 saturated carbocycles. The lowest BCUT2D eigenvalue weighted by molar-refractivity contribution is -0.157. The van der Waals surface area contributed by atoms with Gasteiger partial charge in [0, 0.05) is 11.8 Å². The normalized spacial score (nSPS) is 31.6. The van der Waals surface area contributed by atoms with Crippen molar-refractivity contribution in [2.45, 2.75) is 124 Å². The lowest BCUT2D eigenvalue weighted by Crippen LogP contribution is -2.45. The van der Waals surface area contributed by atoms with Crippen LogP contribution in [-0.4, -0.2) is 17.2 Å². The Labute approximate surface area is 237 Å². The molecule has 4 aliphatic rings. The highest BCUT2D eigenvalue weighted by atomic mass is 16.5. The minimum absolute atomic E-state index is 0.0477. The van der Waals surface area contributed by atoms with Gasteiger partial charge in [-0.1, -0.05) is 69.2 Å². The first kappa shape index (κ1) is 29.7. The Balaban J connectivity index is 0.000000204. The number of phenols is 1. The van der Waals surface area contributed by atoms with Crippen molar-refractivity contribution in [2.75, 3.05) is 0 Å². The van der Waals surface area contributed by atoms with Crippen LogP contribution in [0.1, 0.15) is 123 Å². The summed E-state index contributed by atoms with van der Waals surface area (Å²) in [6, 6.07) is 5.95. The molecule has 0 aromatic heterocycles. The Morgan fingerprint density at radius 3 is 2.59 bits per heavy atom. The second-order valence-electron chi connectivity index (χ2n) is 13.7. The van der Waals surface area contributed by atoms with Crippen LogP contribution in [-0.2, 0) is 16.0 Å². The monoisotopic (exact) mass is 532 g/mol. The summed E-state index contributed by atoms with van der Waals surface area (Å²) in [4.78, 5) is 11.8. The fraction of sp³-hybridized carbons (Fsp3) is 0.639. The van der Waals surface area contributed by atoms with Crippen LogP contribution in [0.15, 0.2) is 53.6 Å². The third kappa shape index (κ3) is 7.08. The molecule has 214 valence electrons.